The van der Waals surface area contributed by atoms with E-state index in [0.29, 0.717) is 36.5 Å². The molecule has 0 radical (unpaired) electrons. The minimum Gasteiger partial charge on any atom is -0.497 e. The van der Waals surface area contributed by atoms with Crippen LogP contribution in [0.5, 0.6) is 5.75 Å². The fraction of sp³-hybridized carbons (Fsp3) is 0.304. The Morgan fingerprint density at radius 2 is 2.03 bits per heavy atom. The van der Waals surface area contributed by atoms with Gasteiger partial charge in [-0.1, -0.05) is 25.1 Å². The highest BCUT2D eigenvalue weighted by Gasteiger charge is 2.29. The van der Waals surface area contributed by atoms with Gasteiger partial charge in [0.2, 0.25) is 5.91 Å². The Labute approximate surface area is 175 Å². The van der Waals surface area contributed by atoms with Crippen molar-refractivity contribution in [1.82, 2.24) is 20.0 Å². The number of rotatable bonds is 6. The number of ether oxygens (including phenoxy) is 1. The third kappa shape index (κ3) is 3.93. The van der Waals surface area contributed by atoms with Crippen LogP contribution in [0.4, 0.5) is 4.39 Å². The summed E-state index contributed by atoms with van der Waals surface area (Å²) in [5, 5.41) is 7.63. The van der Waals surface area contributed by atoms with E-state index in [2.05, 4.69) is 10.2 Å². The van der Waals surface area contributed by atoms with Gasteiger partial charge in [0.1, 0.15) is 17.3 Å². The highest BCUT2D eigenvalue weighted by atomic mass is 19.1. The van der Waals surface area contributed by atoms with Crippen LogP contribution >= 0.6 is 0 Å². The van der Waals surface area contributed by atoms with Gasteiger partial charge in [-0.05, 0) is 30.7 Å². The maximum Gasteiger partial charge on any atom is 0.237 e. The molecular weight excluding hydrogens is 383 g/mol. The summed E-state index contributed by atoms with van der Waals surface area (Å²) in [6.45, 7) is 3.86. The second kappa shape index (κ2) is 8.67. The lowest BCUT2D eigenvalue weighted by Crippen LogP contribution is -2.54. The maximum absolute atomic E-state index is 14.9. The van der Waals surface area contributed by atoms with E-state index in [1.807, 2.05) is 43.5 Å². The highest BCUT2D eigenvalue weighted by molar-refractivity contribution is 5.82. The normalized spacial score (nSPS) is 17.0. The molecule has 1 amide bonds. The first-order chi connectivity index (χ1) is 14.6. The van der Waals surface area contributed by atoms with Crippen LogP contribution in [0.25, 0.3) is 16.9 Å². The molecule has 1 saturated heterocycles. The molecule has 1 aromatic heterocycles. The van der Waals surface area contributed by atoms with E-state index >= 15 is 0 Å². The van der Waals surface area contributed by atoms with Crippen LogP contribution in [0.2, 0.25) is 0 Å². The number of para-hydroxylation sites is 1. The minimum absolute atomic E-state index is 0.0383. The zero-order chi connectivity index (χ0) is 21.1. The lowest BCUT2D eigenvalue weighted by Gasteiger charge is -2.34. The SMILES string of the molecule is CCC1C(=O)NCCN1Cc1cn(-c2ccccc2)nc1-c1ccc(OC)cc1F. The van der Waals surface area contributed by atoms with E-state index < -0.39 is 5.82 Å². The van der Waals surface area contributed by atoms with E-state index in [-0.39, 0.29) is 11.9 Å². The van der Waals surface area contributed by atoms with Crippen LogP contribution in [0.1, 0.15) is 18.9 Å². The van der Waals surface area contributed by atoms with Crippen LogP contribution in [0.15, 0.2) is 54.7 Å². The predicted octanol–water partition coefficient (Wildman–Crippen LogP) is 3.40. The molecule has 1 aliphatic heterocycles. The number of halogens is 1. The van der Waals surface area contributed by atoms with Crippen molar-refractivity contribution in [3.63, 3.8) is 0 Å². The topological polar surface area (TPSA) is 59.4 Å². The second-order valence-corrected chi connectivity index (χ2v) is 7.31. The molecular formula is C23H25FN4O2. The Hall–Kier alpha value is -3.19. The Kier molecular flexibility index (Phi) is 5.81. The second-order valence-electron chi connectivity index (χ2n) is 7.31. The number of benzene rings is 2. The number of hydrogen-bond donors (Lipinski definition) is 1. The monoisotopic (exact) mass is 408 g/mol. The smallest absolute Gasteiger partial charge is 0.237 e. The molecule has 1 atom stereocenters. The van der Waals surface area contributed by atoms with Gasteiger partial charge in [0.15, 0.2) is 0 Å². The summed E-state index contributed by atoms with van der Waals surface area (Å²) < 4.78 is 21.8. The quantitative estimate of drug-likeness (QED) is 0.679. The summed E-state index contributed by atoms with van der Waals surface area (Å²) in [7, 11) is 1.51. The van der Waals surface area contributed by atoms with Crippen molar-refractivity contribution in [2.24, 2.45) is 0 Å². The van der Waals surface area contributed by atoms with Gasteiger partial charge >= 0.3 is 0 Å². The van der Waals surface area contributed by atoms with E-state index in [1.165, 1.54) is 13.2 Å². The lowest BCUT2D eigenvalue weighted by molar-refractivity contribution is -0.129. The zero-order valence-corrected chi connectivity index (χ0v) is 17.1. The largest absolute Gasteiger partial charge is 0.497 e. The standard InChI is InChI=1S/C23H25FN4O2/c1-3-21-23(29)25-11-12-27(21)14-16-15-28(17-7-5-4-6-8-17)26-22(16)19-10-9-18(30-2)13-20(19)24/h4-10,13,15,21H,3,11-12,14H2,1-2H3,(H,25,29). The third-order valence-electron chi connectivity index (χ3n) is 5.44. The molecule has 30 heavy (non-hydrogen) atoms. The molecule has 7 heteroatoms. The van der Waals surface area contributed by atoms with Crippen molar-refractivity contribution < 1.29 is 13.9 Å². The molecule has 1 N–H and O–H groups in total. The number of piperazine rings is 1. The molecule has 0 bridgehead atoms. The summed E-state index contributed by atoms with van der Waals surface area (Å²) in [4.78, 5) is 14.4. The molecule has 1 fully saturated rings. The number of amides is 1. The summed E-state index contributed by atoms with van der Waals surface area (Å²) in [5.41, 5.74) is 2.74. The van der Waals surface area contributed by atoms with Crippen LogP contribution in [0, 0.1) is 5.82 Å². The number of carbonyl (C=O) groups is 1. The van der Waals surface area contributed by atoms with Crippen molar-refractivity contribution >= 4 is 5.91 Å². The van der Waals surface area contributed by atoms with Gasteiger partial charge < -0.3 is 10.1 Å². The van der Waals surface area contributed by atoms with E-state index in [0.717, 1.165) is 17.8 Å². The number of aromatic nitrogens is 2. The number of methoxy groups -OCH3 is 1. The van der Waals surface area contributed by atoms with Gasteiger partial charge in [-0.2, -0.15) is 5.10 Å². The molecule has 0 spiro atoms. The summed E-state index contributed by atoms with van der Waals surface area (Å²) in [6, 6.07) is 14.3. The van der Waals surface area contributed by atoms with Gasteiger partial charge in [0.25, 0.3) is 0 Å². The number of nitrogens with zero attached hydrogens (tertiary/aromatic N) is 3. The van der Waals surface area contributed by atoms with Crippen LogP contribution < -0.4 is 10.1 Å². The van der Waals surface area contributed by atoms with Crippen molar-refractivity contribution in [3.8, 4) is 22.7 Å². The molecule has 4 rings (SSSR count). The molecule has 0 aliphatic carbocycles. The summed E-state index contributed by atoms with van der Waals surface area (Å²) >= 11 is 0. The van der Waals surface area contributed by atoms with Gasteiger partial charge in [-0.15, -0.1) is 0 Å². The Bertz CT molecular complexity index is 1030. The lowest BCUT2D eigenvalue weighted by atomic mass is 10.0. The van der Waals surface area contributed by atoms with E-state index in [9.17, 15) is 9.18 Å². The van der Waals surface area contributed by atoms with Crippen molar-refractivity contribution in [2.75, 3.05) is 20.2 Å². The molecule has 156 valence electrons. The summed E-state index contributed by atoms with van der Waals surface area (Å²) in [5.74, 6) is 0.104. The van der Waals surface area contributed by atoms with Gasteiger partial charge in [0.05, 0.1) is 18.8 Å². The Balaban J connectivity index is 1.76. The fourth-order valence-corrected chi connectivity index (χ4v) is 3.89. The molecule has 0 saturated carbocycles. The minimum atomic E-state index is -0.391. The van der Waals surface area contributed by atoms with Crippen molar-refractivity contribution in [2.45, 2.75) is 25.9 Å². The van der Waals surface area contributed by atoms with Crippen LogP contribution in [-0.2, 0) is 11.3 Å². The zero-order valence-electron chi connectivity index (χ0n) is 17.1. The third-order valence-corrected chi connectivity index (χ3v) is 5.44. The van der Waals surface area contributed by atoms with Crippen LogP contribution in [0.3, 0.4) is 0 Å². The Morgan fingerprint density at radius 1 is 1.23 bits per heavy atom. The first kappa shape index (κ1) is 20.1. The summed E-state index contributed by atoms with van der Waals surface area (Å²) in [6.07, 6.45) is 2.64. The van der Waals surface area contributed by atoms with Crippen molar-refractivity contribution in [1.29, 1.82) is 0 Å². The predicted molar refractivity (Wildman–Crippen MR) is 113 cm³/mol. The molecule has 6 nitrogen and oxygen atoms in total. The van der Waals surface area contributed by atoms with Gasteiger partial charge in [-0.25, -0.2) is 9.07 Å². The number of carbonyl (C=O) groups excluding carboxylic acids is 1. The molecule has 1 aliphatic rings. The highest BCUT2D eigenvalue weighted by Crippen LogP contribution is 2.30. The first-order valence-corrected chi connectivity index (χ1v) is 10.1. The molecule has 3 aromatic rings. The Morgan fingerprint density at radius 3 is 2.73 bits per heavy atom. The average molecular weight is 408 g/mol. The number of nitrogens with one attached hydrogen (secondary N) is 1. The van der Waals surface area contributed by atoms with E-state index in [1.54, 1.807) is 16.8 Å². The van der Waals surface area contributed by atoms with Gasteiger partial charge in [0, 0.05) is 43.0 Å². The number of hydrogen-bond acceptors (Lipinski definition) is 4. The first-order valence-electron chi connectivity index (χ1n) is 10.1. The van der Waals surface area contributed by atoms with Crippen LogP contribution in [-0.4, -0.2) is 46.8 Å². The average Bonchev–Trinajstić information content (AvgIpc) is 3.18. The van der Waals surface area contributed by atoms with Gasteiger partial charge in [-0.3, -0.25) is 9.69 Å². The maximum atomic E-state index is 14.9. The van der Waals surface area contributed by atoms with Crippen molar-refractivity contribution in [3.05, 3.63) is 66.1 Å². The molecule has 1 unspecified atom stereocenters. The molecule has 2 aromatic carbocycles. The van der Waals surface area contributed by atoms with E-state index in [4.69, 9.17) is 9.84 Å². The molecule has 2 heterocycles. The fourth-order valence-electron chi connectivity index (χ4n) is 3.89.